The van der Waals surface area contributed by atoms with Gasteiger partial charge >= 0.3 is 12.2 Å². The lowest BCUT2D eigenvalue weighted by molar-refractivity contribution is 0.0468. The molecule has 0 bridgehead atoms. The van der Waals surface area contributed by atoms with Crippen LogP contribution < -0.4 is 10.2 Å². The summed E-state index contributed by atoms with van der Waals surface area (Å²) in [5.41, 5.74) is 3.11. The molecule has 0 spiro atoms. The molecule has 0 atom stereocenters. The number of nitrogens with zero attached hydrogens (tertiary/aromatic N) is 3. The third kappa shape index (κ3) is 6.11. The zero-order valence-corrected chi connectivity index (χ0v) is 23.8. The molecule has 204 valence electrons. The van der Waals surface area contributed by atoms with Gasteiger partial charge in [0, 0.05) is 24.0 Å². The zero-order chi connectivity index (χ0) is 27.9. The number of carbonyl (C=O) groups excluding carboxylic acids is 2. The lowest BCUT2D eigenvalue weighted by atomic mass is 9.91. The van der Waals surface area contributed by atoms with Crippen molar-refractivity contribution in [3.8, 4) is 11.1 Å². The highest BCUT2D eigenvalue weighted by Crippen LogP contribution is 2.39. The van der Waals surface area contributed by atoms with Crippen LogP contribution in [0.25, 0.3) is 22.0 Å². The zero-order valence-electron chi connectivity index (χ0n) is 23.8. The molecule has 4 rings (SSSR count). The molecule has 8 nitrogen and oxygen atoms in total. The van der Waals surface area contributed by atoms with Crippen LogP contribution in [0.3, 0.4) is 0 Å². The molecule has 0 aliphatic carbocycles. The van der Waals surface area contributed by atoms with E-state index in [1.165, 1.54) is 4.68 Å². The topological polar surface area (TPSA) is 85.7 Å². The van der Waals surface area contributed by atoms with Gasteiger partial charge in [0.2, 0.25) is 0 Å². The Morgan fingerprint density at radius 3 is 2.03 bits per heavy atom. The van der Waals surface area contributed by atoms with Crippen LogP contribution in [0.2, 0.25) is 0 Å². The van der Waals surface area contributed by atoms with Gasteiger partial charge in [-0.1, -0.05) is 30.3 Å². The summed E-state index contributed by atoms with van der Waals surface area (Å²) in [4.78, 5) is 27.6. The first-order valence-corrected chi connectivity index (χ1v) is 13.3. The summed E-state index contributed by atoms with van der Waals surface area (Å²) >= 11 is 0. The number of carbonyl (C=O) groups is 2. The molecular formula is C30H40N4O4. The number of amides is 1. The molecule has 0 unspecified atom stereocenters. The van der Waals surface area contributed by atoms with E-state index in [4.69, 9.17) is 9.47 Å². The van der Waals surface area contributed by atoms with E-state index in [0.717, 1.165) is 59.2 Å². The Kier molecular flexibility index (Phi) is 7.21. The van der Waals surface area contributed by atoms with E-state index in [0.29, 0.717) is 0 Å². The van der Waals surface area contributed by atoms with Gasteiger partial charge in [-0.25, -0.2) is 9.59 Å². The van der Waals surface area contributed by atoms with E-state index in [1.54, 1.807) is 6.20 Å². The van der Waals surface area contributed by atoms with Crippen molar-refractivity contribution in [3.05, 3.63) is 48.2 Å². The van der Waals surface area contributed by atoms with Gasteiger partial charge in [0.05, 0.1) is 22.9 Å². The van der Waals surface area contributed by atoms with Crippen molar-refractivity contribution >= 4 is 28.8 Å². The number of ether oxygens (including phenoxy) is 2. The first-order valence-electron chi connectivity index (χ1n) is 13.3. The highest BCUT2D eigenvalue weighted by atomic mass is 16.6. The molecule has 1 aliphatic rings. The smallest absolute Gasteiger partial charge is 0.435 e. The van der Waals surface area contributed by atoms with Crippen LogP contribution in [0.5, 0.6) is 0 Å². The SMILES string of the molecule is CC(C)(C)OC(=O)NC(C)(C)c1ccc(-c2ccc3c(cnn3C(=O)OC(C)(C)C)c2N2CCCC2)cc1. The molecule has 1 aliphatic heterocycles. The minimum absolute atomic E-state index is 0.449. The van der Waals surface area contributed by atoms with Crippen LogP contribution in [0.4, 0.5) is 15.3 Å². The predicted octanol–water partition coefficient (Wildman–Crippen LogP) is 6.85. The number of anilines is 1. The first-order chi connectivity index (χ1) is 17.6. The van der Waals surface area contributed by atoms with E-state index in [2.05, 4.69) is 33.5 Å². The van der Waals surface area contributed by atoms with Crippen molar-refractivity contribution in [2.45, 2.75) is 85.0 Å². The number of nitrogens with one attached hydrogen (secondary N) is 1. The van der Waals surface area contributed by atoms with Crippen LogP contribution >= 0.6 is 0 Å². The Balaban J connectivity index is 1.69. The van der Waals surface area contributed by atoms with Gasteiger partial charge in [-0.15, -0.1) is 0 Å². The van der Waals surface area contributed by atoms with E-state index in [9.17, 15) is 9.59 Å². The number of hydrogen-bond donors (Lipinski definition) is 1. The van der Waals surface area contributed by atoms with Crippen molar-refractivity contribution in [3.63, 3.8) is 0 Å². The van der Waals surface area contributed by atoms with Crippen LogP contribution in [0.1, 0.15) is 73.8 Å². The number of benzene rings is 2. The summed E-state index contributed by atoms with van der Waals surface area (Å²) in [6.07, 6.45) is 3.07. The molecule has 3 aromatic rings. The molecule has 2 aromatic carbocycles. The van der Waals surface area contributed by atoms with Gasteiger partial charge < -0.3 is 19.7 Å². The van der Waals surface area contributed by atoms with Crippen LogP contribution in [-0.2, 0) is 15.0 Å². The summed E-state index contributed by atoms with van der Waals surface area (Å²) in [5.74, 6) is 0. The van der Waals surface area contributed by atoms with Crippen molar-refractivity contribution in [2.24, 2.45) is 0 Å². The Hall–Kier alpha value is -3.55. The van der Waals surface area contributed by atoms with Crippen LogP contribution in [-0.4, -0.2) is 46.3 Å². The monoisotopic (exact) mass is 520 g/mol. The quantitative estimate of drug-likeness (QED) is 0.405. The number of alkyl carbamates (subject to hydrolysis) is 1. The van der Waals surface area contributed by atoms with Gasteiger partial charge in [-0.3, -0.25) is 0 Å². The van der Waals surface area contributed by atoms with Gasteiger partial charge in [-0.05, 0) is 85.4 Å². The summed E-state index contributed by atoms with van der Waals surface area (Å²) in [5, 5.41) is 8.31. The van der Waals surface area contributed by atoms with Gasteiger partial charge in [0.15, 0.2) is 0 Å². The Labute approximate surface area is 225 Å². The van der Waals surface area contributed by atoms with Crippen molar-refractivity contribution < 1.29 is 19.1 Å². The maximum atomic E-state index is 12.8. The minimum atomic E-state index is -0.614. The highest BCUT2D eigenvalue weighted by molar-refractivity contribution is 6.03. The van der Waals surface area contributed by atoms with Crippen LogP contribution in [0, 0.1) is 0 Å². The second-order valence-electron chi connectivity index (χ2n) is 12.5. The average molecular weight is 521 g/mol. The number of rotatable bonds is 4. The Bertz CT molecular complexity index is 1320. The molecule has 0 radical (unpaired) electrons. The molecule has 1 N–H and O–H groups in total. The molecule has 1 saturated heterocycles. The second-order valence-corrected chi connectivity index (χ2v) is 12.5. The van der Waals surface area contributed by atoms with Gasteiger partial charge in [0.25, 0.3) is 0 Å². The van der Waals surface area contributed by atoms with Crippen molar-refractivity contribution in [2.75, 3.05) is 18.0 Å². The molecule has 1 amide bonds. The van der Waals surface area contributed by atoms with E-state index in [-0.39, 0.29) is 0 Å². The summed E-state index contributed by atoms with van der Waals surface area (Å²) in [7, 11) is 0. The normalized spacial score (nSPS) is 14.6. The van der Waals surface area contributed by atoms with Gasteiger partial charge in [-0.2, -0.15) is 9.78 Å². The highest BCUT2D eigenvalue weighted by Gasteiger charge is 2.28. The first kappa shape index (κ1) is 27.5. The third-order valence-electron chi connectivity index (χ3n) is 6.44. The fourth-order valence-corrected chi connectivity index (χ4v) is 4.75. The fourth-order valence-electron chi connectivity index (χ4n) is 4.75. The third-order valence-corrected chi connectivity index (χ3v) is 6.44. The van der Waals surface area contributed by atoms with E-state index in [1.807, 2.05) is 73.6 Å². The Morgan fingerprint density at radius 1 is 0.842 bits per heavy atom. The van der Waals surface area contributed by atoms with E-state index < -0.39 is 28.9 Å². The fraction of sp³-hybridized carbons (Fsp3) is 0.500. The Morgan fingerprint density at radius 2 is 1.45 bits per heavy atom. The van der Waals surface area contributed by atoms with Crippen molar-refractivity contribution in [1.29, 1.82) is 0 Å². The summed E-state index contributed by atoms with van der Waals surface area (Å²) in [6.45, 7) is 16.9. The second kappa shape index (κ2) is 9.97. The standard InChI is InChI=1S/C30H40N4O4/c1-28(2,3)37-26(35)32-30(7,8)21-13-11-20(12-14-21)22-15-16-24-23(25(22)33-17-9-10-18-33)19-31-34(24)27(36)38-29(4,5)6/h11-16,19H,9-10,17-18H2,1-8H3,(H,32,35). The van der Waals surface area contributed by atoms with Crippen molar-refractivity contribution in [1.82, 2.24) is 15.1 Å². The largest absolute Gasteiger partial charge is 0.444 e. The lowest BCUT2D eigenvalue weighted by Crippen LogP contribution is -2.43. The number of hydrogen-bond acceptors (Lipinski definition) is 6. The molecule has 2 heterocycles. The maximum absolute atomic E-state index is 12.8. The molecule has 1 fully saturated rings. The molecule has 1 aromatic heterocycles. The number of aromatic nitrogens is 2. The molecule has 0 saturated carbocycles. The summed E-state index contributed by atoms with van der Waals surface area (Å²) < 4.78 is 12.4. The molecule has 8 heteroatoms. The van der Waals surface area contributed by atoms with Crippen LogP contribution in [0.15, 0.2) is 42.6 Å². The molecule has 38 heavy (non-hydrogen) atoms. The summed E-state index contributed by atoms with van der Waals surface area (Å²) in [6, 6.07) is 12.2. The number of fused-ring (bicyclic) bond motifs is 1. The minimum Gasteiger partial charge on any atom is -0.444 e. The average Bonchev–Trinajstić information content (AvgIpc) is 3.46. The predicted molar refractivity (Wildman–Crippen MR) is 151 cm³/mol. The van der Waals surface area contributed by atoms with E-state index >= 15 is 0 Å². The lowest BCUT2D eigenvalue weighted by Gasteiger charge is -2.29. The van der Waals surface area contributed by atoms with Gasteiger partial charge in [0.1, 0.15) is 11.2 Å². The molecular weight excluding hydrogens is 480 g/mol. The maximum Gasteiger partial charge on any atom is 0.435 e.